The molecule has 0 saturated carbocycles. The summed E-state index contributed by atoms with van der Waals surface area (Å²) in [4.78, 5) is 0. The van der Waals surface area contributed by atoms with Crippen molar-refractivity contribution >= 4 is 0 Å². The van der Waals surface area contributed by atoms with E-state index in [1.54, 1.807) is 0 Å². The zero-order chi connectivity index (χ0) is 10.1. The number of hydrogen-bond donors (Lipinski definition) is 1. The Labute approximate surface area is 83.8 Å². The van der Waals surface area contributed by atoms with Gasteiger partial charge in [0.05, 0.1) is 12.1 Å². The van der Waals surface area contributed by atoms with Crippen LogP contribution < -0.4 is 15.2 Å². The van der Waals surface area contributed by atoms with Gasteiger partial charge in [-0.05, 0) is 26.0 Å². The second-order valence-electron chi connectivity index (χ2n) is 3.78. The molecular weight excluding hydrogens is 178 g/mol. The first-order valence-electron chi connectivity index (χ1n) is 4.86. The average Bonchev–Trinajstić information content (AvgIpc) is 2.46. The van der Waals surface area contributed by atoms with Crippen LogP contribution in [0.25, 0.3) is 0 Å². The van der Waals surface area contributed by atoms with Crippen molar-refractivity contribution in [2.75, 3.05) is 6.61 Å². The average molecular weight is 193 g/mol. The van der Waals surface area contributed by atoms with Crippen molar-refractivity contribution in [2.24, 2.45) is 5.73 Å². The van der Waals surface area contributed by atoms with Gasteiger partial charge >= 0.3 is 0 Å². The molecule has 76 valence electrons. The van der Waals surface area contributed by atoms with Gasteiger partial charge in [0, 0.05) is 11.6 Å². The molecule has 2 rings (SSSR count). The van der Waals surface area contributed by atoms with Gasteiger partial charge in [0.15, 0.2) is 0 Å². The summed E-state index contributed by atoms with van der Waals surface area (Å²) in [5.41, 5.74) is 6.90. The number of rotatable bonds is 2. The summed E-state index contributed by atoms with van der Waals surface area (Å²) in [5.74, 6) is 1.70. The highest BCUT2D eigenvalue weighted by atomic mass is 16.5. The smallest absolute Gasteiger partial charge is 0.127 e. The van der Waals surface area contributed by atoms with E-state index in [-0.39, 0.29) is 12.1 Å². The highest BCUT2D eigenvalue weighted by Crippen LogP contribution is 2.34. The number of fused-ring (bicyclic) bond motifs is 1. The number of ether oxygens (including phenoxy) is 2. The summed E-state index contributed by atoms with van der Waals surface area (Å²) >= 11 is 0. The number of nitrogens with two attached hydrogens (primary N) is 1. The summed E-state index contributed by atoms with van der Waals surface area (Å²) in [7, 11) is 0. The Hall–Kier alpha value is -1.22. The summed E-state index contributed by atoms with van der Waals surface area (Å²) in [5, 5.41) is 0. The van der Waals surface area contributed by atoms with E-state index in [0.29, 0.717) is 6.61 Å². The lowest BCUT2D eigenvalue weighted by Gasteiger charge is -2.10. The number of hydrogen-bond acceptors (Lipinski definition) is 3. The molecule has 0 unspecified atom stereocenters. The molecule has 1 aromatic carbocycles. The van der Waals surface area contributed by atoms with E-state index in [0.717, 1.165) is 17.1 Å². The largest absolute Gasteiger partial charge is 0.491 e. The van der Waals surface area contributed by atoms with E-state index >= 15 is 0 Å². The van der Waals surface area contributed by atoms with Gasteiger partial charge in [-0.25, -0.2) is 0 Å². The minimum atomic E-state index is 0.0121. The van der Waals surface area contributed by atoms with Crippen LogP contribution in [0, 0.1) is 0 Å². The van der Waals surface area contributed by atoms with Crippen molar-refractivity contribution < 1.29 is 9.47 Å². The molecule has 0 bridgehead atoms. The molecule has 1 aromatic rings. The molecule has 2 N–H and O–H groups in total. The summed E-state index contributed by atoms with van der Waals surface area (Å²) in [6, 6.07) is 5.83. The maximum absolute atomic E-state index is 5.83. The van der Waals surface area contributed by atoms with Crippen LogP contribution in [0.15, 0.2) is 18.2 Å². The van der Waals surface area contributed by atoms with Gasteiger partial charge in [0.1, 0.15) is 18.1 Å². The second-order valence-corrected chi connectivity index (χ2v) is 3.78. The van der Waals surface area contributed by atoms with Gasteiger partial charge in [0.2, 0.25) is 0 Å². The maximum Gasteiger partial charge on any atom is 0.127 e. The summed E-state index contributed by atoms with van der Waals surface area (Å²) in [6.45, 7) is 4.57. The summed E-state index contributed by atoms with van der Waals surface area (Å²) in [6.07, 6.45) is 0.183. The third-order valence-electron chi connectivity index (χ3n) is 2.17. The van der Waals surface area contributed by atoms with Crippen LogP contribution in [0.4, 0.5) is 0 Å². The Morgan fingerprint density at radius 3 is 3.00 bits per heavy atom. The van der Waals surface area contributed by atoms with E-state index in [9.17, 15) is 0 Å². The van der Waals surface area contributed by atoms with Gasteiger partial charge in [-0.2, -0.15) is 0 Å². The van der Waals surface area contributed by atoms with Crippen LogP contribution in [0.2, 0.25) is 0 Å². The fourth-order valence-electron chi connectivity index (χ4n) is 1.56. The standard InChI is InChI=1S/C11H15NO2/c1-7(2)14-8-3-4-9-10(12)6-13-11(9)5-8/h3-5,7,10H,6,12H2,1-2H3/t10-/m0/s1. The second kappa shape index (κ2) is 3.50. The van der Waals surface area contributed by atoms with E-state index in [1.165, 1.54) is 0 Å². The molecule has 0 amide bonds. The van der Waals surface area contributed by atoms with Gasteiger partial charge in [-0.15, -0.1) is 0 Å². The first kappa shape index (κ1) is 9.34. The van der Waals surface area contributed by atoms with Crippen LogP contribution in [-0.4, -0.2) is 12.7 Å². The van der Waals surface area contributed by atoms with Gasteiger partial charge in [-0.3, -0.25) is 0 Å². The van der Waals surface area contributed by atoms with Crippen LogP contribution in [0.1, 0.15) is 25.5 Å². The SMILES string of the molecule is CC(C)Oc1ccc2c(c1)OC[C@@H]2N. The van der Waals surface area contributed by atoms with Crippen LogP contribution in [0.3, 0.4) is 0 Å². The van der Waals surface area contributed by atoms with E-state index in [4.69, 9.17) is 15.2 Å². The zero-order valence-electron chi connectivity index (χ0n) is 8.49. The van der Waals surface area contributed by atoms with Crippen molar-refractivity contribution in [3.63, 3.8) is 0 Å². The van der Waals surface area contributed by atoms with Crippen LogP contribution in [0.5, 0.6) is 11.5 Å². The molecule has 14 heavy (non-hydrogen) atoms. The highest BCUT2D eigenvalue weighted by molar-refractivity contribution is 5.44. The highest BCUT2D eigenvalue weighted by Gasteiger charge is 2.20. The lowest BCUT2D eigenvalue weighted by atomic mass is 10.1. The predicted molar refractivity (Wildman–Crippen MR) is 54.6 cm³/mol. The first-order chi connectivity index (χ1) is 6.66. The lowest BCUT2D eigenvalue weighted by molar-refractivity contribution is 0.241. The predicted octanol–water partition coefficient (Wildman–Crippen LogP) is 1.87. The zero-order valence-corrected chi connectivity index (χ0v) is 8.49. The van der Waals surface area contributed by atoms with Crippen LogP contribution in [-0.2, 0) is 0 Å². The van der Waals surface area contributed by atoms with Crippen LogP contribution >= 0.6 is 0 Å². The molecule has 0 spiro atoms. The summed E-state index contributed by atoms with van der Waals surface area (Å²) < 4.78 is 11.0. The fraction of sp³-hybridized carbons (Fsp3) is 0.455. The third-order valence-corrected chi connectivity index (χ3v) is 2.17. The van der Waals surface area contributed by atoms with Crippen molar-refractivity contribution in [1.82, 2.24) is 0 Å². The quantitative estimate of drug-likeness (QED) is 0.779. The Bertz CT molecular complexity index is 336. The molecular formula is C11H15NO2. The van der Waals surface area contributed by atoms with E-state index < -0.39 is 0 Å². The normalized spacial score (nSPS) is 19.3. The molecule has 1 aliphatic rings. The Balaban J connectivity index is 2.24. The minimum Gasteiger partial charge on any atom is -0.491 e. The fourth-order valence-corrected chi connectivity index (χ4v) is 1.56. The van der Waals surface area contributed by atoms with E-state index in [2.05, 4.69) is 0 Å². The molecule has 0 saturated heterocycles. The molecule has 1 atom stereocenters. The molecule has 3 heteroatoms. The molecule has 0 aromatic heterocycles. The van der Waals surface area contributed by atoms with Crippen molar-refractivity contribution in [3.05, 3.63) is 23.8 Å². The molecule has 3 nitrogen and oxygen atoms in total. The van der Waals surface area contributed by atoms with Crippen molar-refractivity contribution in [2.45, 2.75) is 26.0 Å². The Morgan fingerprint density at radius 2 is 2.29 bits per heavy atom. The minimum absolute atomic E-state index is 0.0121. The molecule has 0 radical (unpaired) electrons. The molecule has 1 heterocycles. The van der Waals surface area contributed by atoms with Crippen molar-refractivity contribution in [1.29, 1.82) is 0 Å². The first-order valence-corrected chi connectivity index (χ1v) is 4.86. The monoisotopic (exact) mass is 193 g/mol. The Kier molecular flexibility index (Phi) is 2.33. The molecule has 0 aliphatic carbocycles. The van der Waals surface area contributed by atoms with Gasteiger partial charge < -0.3 is 15.2 Å². The van der Waals surface area contributed by atoms with Gasteiger partial charge in [-0.1, -0.05) is 0 Å². The molecule has 1 aliphatic heterocycles. The Morgan fingerprint density at radius 1 is 1.50 bits per heavy atom. The maximum atomic E-state index is 5.83. The van der Waals surface area contributed by atoms with E-state index in [1.807, 2.05) is 32.0 Å². The number of benzene rings is 1. The molecule has 0 fully saturated rings. The lowest BCUT2D eigenvalue weighted by Crippen LogP contribution is -2.10. The van der Waals surface area contributed by atoms with Crippen molar-refractivity contribution in [3.8, 4) is 11.5 Å². The third kappa shape index (κ3) is 1.68. The topological polar surface area (TPSA) is 44.5 Å². The van der Waals surface area contributed by atoms with Gasteiger partial charge in [0.25, 0.3) is 0 Å².